The molecule has 1 fully saturated rings. The van der Waals surface area contributed by atoms with Crippen molar-refractivity contribution in [3.05, 3.63) is 30.1 Å². The third-order valence-corrected chi connectivity index (χ3v) is 4.69. The number of hydrogen-bond donors (Lipinski definition) is 4. The minimum absolute atomic E-state index is 0.0198. The van der Waals surface area contributed by atoms with E-state index in [4.69, 9.17) is 0 Å². The second-order valence-corrected chi connectivity index (χ2v) is 6.61. The van der Waals surface area contributed by atoms with Crippen LogP contribution in [-0.2, 0) is 0 Å². The van der Waals surface area contributed by atoms with Crippen molar-refractivity contribution in [3.63, 3.8) is 0 Å². The molecule has 1 saturated carbocycles. The molecule has 1 heterocycles. The van der Waals surface area contributed by atoms with E-state index in [-0.39, 0.29) is 24.6 Å². The van der Waals surface area contributed by atoms with Crippen LogP contribution in [0.25, 0.3) is 11.4 Å². The molecular formula is C18H25N5O2. The van der Waals surface area contributed by atoms with Crippen LogP contribution in [0.2, 0.25) is 0 Å². The predicted octanol–water partition coefficient (Wildman–Crippen LogP) is 2.84. The van der Waals surface area contributed by atoms with Crippen LogP contribution in [0.1, 0.15) is 37.9 Å². The number of aromatic nitrogens is 3. The van der Waals surface area contributed by atoms with E-state index in [0.29, 0.717) is 11.5 Å². The maximum absolute atomic E-state index is 12.4. The zero-order valence-electron chi connectivity index (χ0n) is 14.5. The summed E-state index contributed by atoms with van der Waals surface area (Å²) in [7, 11) is 0. The highest BCUT2D eigenvalue weighted by Crippen LogP contribution is 2.24. The highest BCUT2D eigenvalue weighted by atomic mass is 16.3. The maximum Gasteiger partial charge on any atom is 0.319 e. The fraction of sp³-hybridized carbons (Fsp3) is 0.500. The molecule has 0 aliphatic heterocycles. The zero-order chi connectivity index (χ0) is 17.6. The topological polar surface area (TPSA) is 103 Å². The second-order valence-electron chi connectivity index (χ2n) is 6.61. The zero-order valence-corrected chi connectivity index (χ0v) is 14.5. The van der Waals surface area contributed by atoms with Crippen molar-refractivity contribution < 1.29 is 9.90 Å². The number of carbonyl (C=O) groups excluding carboxylic acids is 1. The number of H-pyrrole nitrogens is 1. The van der Waals surface area contributed by atoms with E-state index >= 15 is 0 Å². The van der Waals surface area contributed by atoms with Gasteiger partial charge in [0.05, 0.1) is 0 Å². The Bertz CT molecular complexity index is 715. The lowest BCUT2D eigenvalue weighted by molar-refractivity contribution is 0.182. The third-order valence-electron chi connectivity index (χ3n) is 4.69. The molecule has 0 saturated heterocycles. The van der Waals surface area contributed by atoms with Gasteiger partial charge in [0.15, 0.2) is 5.82 Å². The highest BCUT2D eigenvalue weighted by Gasteiger charge is 2.24. The van der Waals surface area contributed by atoms with Crippen molar-refractivity contribution in [2.75, 3.05) is 11.9 Å². The number of nitrogens with zero attached hydrogens (tertiary/aromatic N) is 2. The number of benzene rings is 1. The number of rotatable bonds is 4. The number of urea groups is 1. The van der Waals surface area contributed by atoms with Crippen molar-refractivity contribution in [2.24, 2.45) is 5.92 Å². The van der Waals surface area contributed by atoms with Gasteiger partial charge in [-0.3, -0.25) is 5.10 Å². The van der Waals surface area contributed by atoms with Crippen LogP contribution in [0.15, 0.2) is 24.3 Å². The molecular weight excluding hydrogens is 318 g/mol. The summed E-state index contributed by atoms with van der Waals surface area (Å²) in [4.78, 5) is 16.7. The maximum atomic E-state index is 12.4. The summed E-state index contributed by atoms with van der Waals surface area (Å²) in [5.41, 5.74) is 1.52. The number of aliphatic hydroxyl groups is 1. The first-order valence-corrected chi connectivity index (χ1v) is 8.83. The van der Waals surface area contributed by atoms with E-state index in [1.165, 1.54) is 0 Å². The molecule has 2 aromatic rings. The smallest absolute Gasteiger partial charge is 0.319 e. The fourth-order valence-electron chi connectivity index (χ4n) is 3.34. The predicted molar refractivity (Wildman–Crippen MR) is 96.2 cm³/mol. The van der Waals surface area contributed by atoms with Crippen molar-refractivity contribution in [3.8, 4) is 11.4 Å². The first-order valence-electron chi connectivity index (χ1n) is 8.83. The van der Waals surface area contributed by atoms with Crippen molar-refractivity contribution in [2.45, 2.75) is 45.1 Å². The summed E-state index contributed by atoms with van der Waals surface area (Å²) in [5, 5.41) is 22.4. The van der Waals surface area contributed by atoms with Crippen LogP contribution in [0.3, 0.4) is 0 Å². The molecule has 0 spiro atoms. The Hall–Kier alpha value is -2.41. The lowest BCUT2D eigenvalue weighted by atomic mass is 9.96. The molecule has 1 aromatic heterocycles. The van der Waals surface area contributed by atoms with Crippen LogP contribution in [0.5, 0.6) is 0 Å². The molecule has 25 heavy (non-hydrogen) atoms. The SMILES string of the molecule is Cc1nc(-c2cccc(NC(=O)NC3CCCCCC3CO)c2)n[nH]1. The number of amides is 2. The summed E-state index contributed by atoms with van der Waals surface area (Å²) in [6.07, 6.45) is 5.23. The molecule has 1 aliphatic carbocycles. The molecule has 0 bridgehead atoms. The highest BCUT2D eigenvalue weighted by molar-refractivity contribution is 5.90. The van der Waals surface area contributed by atoms with E-state index < -0.39 is 0 Å². The molecule has 3 rings (SSSR count). The van der Waals surface area contributed by atoms with E-state index in [1.54, 1.807) is 0 Å². The second kappa shape index (κ2) is 8.11. The Labute approximate surface area is 147 Å². The standard InChI is InChI=1S/C18H25N5O2/c1-12-19-17(23-22-12)13-7-5-8-15(10-13)20-18(25)21-16-9-4-2-3-6-14(16)11-24/h5,7-8,10,14,16,24H,2-4,6,9,11H2,1H3,(H,19,22,23)(H2,20,21,25). The Balaban J connectivity index is 1.64. The van der Waals surface area contributed by atoms with Crippen LogP contribution in [-0.4, -0.2) is 39.0 Å². The molecule has 1 aromatic carbocycles. The van der Waals surface area contributed by atoms with E-state index in [2.05, 4.69) is 25.8 Å². The summed E-state index contributed by atoms with van der Waals surface area (Å²) < 4.78 is 0. The Morgan fingerprint density at radius 1 is 1.32 bits per heavy atom. The number of aromatic amines is 1. The normalized spacial score (nSPS) is 20.7. The van der Waals surface area contributed by atoms with Gasteiger partial charge in [-0.05, 0) is 31.9 Å². The molecule has 2 unspecified atom stereocenters. The Morgan fingerprint density at radius 3 is 2.92 bits per heavy atom. The van der Waals surface area contributed by atoms with Gasteiger partial charge >= 0.3 is 6.03 Å². The number of aliphatic hydroxyl groups excluding tert-OH is 1. The van der Waals surface area contributed by atoms with Gasteiger partial charge in [0, 0.05) is 29.8 Å². The van der Waals surface area contributed by atoms with Crippen LogP contribution in [0.4, 0.5) is 10.5 Å². The lowest BCUT2D eigenvalue weighted by Gasteiger charge is -2.24. The van der Waals surface area contributed by atoms with Crippen molar-refractivity contribution in [1.29, 1.82) is 0 Å². The Kier molecular flexibility index (Phi) is 5.65. The van der Waals surface area contributed by atoms with Gasteiger partial charge in [0.2, 0.25) is 0 Å². The number of hydrogen-bond acceptors (Lipinski definition) is 4. The molecule has 7 heteroatoms. The number of nitrogens with one attached hydrogen (secondary N) is 3. The van der Waals surface area contributed by atoms with Gasteiger partial charge in [0.1, 0.15) is 5.82 Å². The van der Waals surface area contributed by atoms with E-state index in [9.17, 15) is 9.90 Å². The van der Waals surface area contributed by atoms with Crippen molar-refractivity contribution >= 4 is 11.7 Å². The summed E-state index contributed by atoms with van der Waals surface area (Å²) in [6.45, 7) is 1.96. The number of anilines is 1. The van der Waals surface area contributed by atoms with Gasteiger partial charge in [-0.2, -0.15) is 5.10 Å². The molecule has 1 aliphatic rings. The van der Waals surface area contributed by atoms with Crippen molar-refractivity contribution in [1.82, 2.24) is 20.5 Å². The van der Waals surface area contributed by atoms with Crippen LogP contribution >= 0.6 is 0 Å². The van der Waals surface area contributed by atoms with Gasteiger partial charge in [-0.1, -0.05) is 31.4 Å². The van der Waals surface area contributed by atoms with E-state index in [0.717, 1.165) is 43.5 Å². The monoisotopic (exact) mass is 343 g/mol. The molecule has 0 radical (unpaired) electrons. The molecule has 134 valence electrons. The van der Waals surface area contributed by atoms with Gasteiger partial charge in [-0.25, -0.2) is 9.78 Å². The summed E-state index contributed by atoms with van der Waals surface area (Å²) >= 11 is 0. The first-order chi connectivity index (χ1) is 12.2. The quantitative estimate of drug-likeness (QED) is 0.641. The summed E-state index contributed by atoms with van der Waals surface area (Å²) in [6, 6.07) is 7.22. The molecule has 7 nitrogen and oxygen atoms in total. The van der Waals surface area contributed by atoms with Crippen LogP contribution < -0.4 is 10.6 Å². The Morgan fingerprint density at radius 2 is 2.16 bits per heavy atom. The van der Waals surface area contributed by atoms with Crippen LogP contribution in [0, 0.1) is 12.8 Å². The molecule has 2 amide bonds. The minimum atomic E-state index is -0.242. The average Bonchev–Trinajstić information content (AvgIpc) is 2.91. The molecule has 4 N–H and O–H groups in total. The number of aryl methyl sites for hydroxylation is 1. The van der Waals surface area contributed by atoms with E-state index in [1.807, 2.05) is 31.2 Å². The average molecular weight is 343 g/mol. The molecule has 2 atom stereocenters. The minimum Gasteiger partial charge on any atom is -0.396 e. The first kappa shape index (κ1) is 17.4. The third kappa shape index (κ3) is 4.57. The van der Waals surface area contributed by atoms with Gasteiger partial charge < -0.3 is 15.7 Å². The fourth-order valence-corrected chi connectivity index (χ4v) is 3.34. The largest absolute Gasteiger partial charge is 0.396 e. The number of carbonyl (C=O) groups is 1. The lowest BCUT2D eigenvalue weighted by Crippen LogP contribution is -2.43. The van der Waals surface area contributed by atoms with Gasteiger partial charge in [0.25, 0.3) is 0 Å². The summed E-state index contributed by atoms with van der Waals surface area (Å²) in [5.74, 6) is 1.48. The van der Waals surface area contributed by atoms with Gasteiger partial charge in [-0.15, -0.1) is 0 Å².